The molecule has 0 radical (unpaired) electrons. The minimum atomic E-state index is -0.00308. The van der Waals surface area contributed by atoms with Crippen LogP contribution in [0.5, 0.6) is 0 Å². The second-order valence-corrected chi connectivity index (χ2v) is 6.28. The molecule has 3 N–H and O–H groups in total. The standard InChI is InChI=1S/C14H22N4OS.HI/c1-3-15-14(16-8-12-7-4-10(2)20-12)17-9-13(19)18-11-5-6-11;/h4,7,11H,3,5-6,8-9H2,1-2H3,(H,18,19)(H2,15,16,17);1H. The molecule has 118 valence electrons. The molecule has 2 rings (SSSR count). The highest BCUT2D eigenvalue weighted by atomic mass is 127. The average Bonchev–Trinajstić information content (AvgIpc) is 3.13. The first kappa shape index (κ1) is 18.2. The minimum Gasteiger partial charge on any atom is -0.357 e. The number of hydrogen-bond donors (Lipinski definition) is 3. The molecule has 1 heterocycles. The van der Waals surface area contributed by atoms with Gasteiger partial charge in [-0.2, -0.15) is 0 Å². The van der Waals surface area contributed by atoms with Crippen molar-refractivity contribution in [1.82, 2.24) is 16.0 Å². The Morgan fingerprint density at radius 2 is 2.14 bits per heavy atom. The second kappa shape index (κ2) is 9.24. The van der Waals surface area contributed by atoms with Gasteiger partial charge in [0.1, 0.15) is 6.54 Å². The van der Waals surface area contributed by atoms with Crippen LogP contribution in [0.25, 0.3) is 0 Å². The fourth-order valence-electron chi connectivity index (χ4n) is 1.74. The number of amides is 1. The number of rotatable bonds is 6. The van der Waals surface area contributed by atoms with Gasteiger partial charge in [0.15, 0.2) is 5.96 Å². The van der Waals surface area contributed by atoms with E-state index in [9.17, 15) is 4.79 Å². The van der Waals surface area contributed by atoms with Crippen molar-refractivity contribution < 1.29 is 4.79 Å². The van der Waals surface area contributed by atoms with Gasteiger partial charge in [-0.25, -0.2) is 4.99 Å². The Morgan fingerprint density at radius 1 is 1.38 bits per heavy atom. The molecule has 1 saturated carbocycles. The quantitative estimate of drug-likeness (QED) is 0.373. The Hall–Kier alpha value is -0.830. The maximum atomic E-state index is 11.6. The summed E-state index contributed by atoms with van der Waals surface area (Å²) >= 11 is 1.76. The van der Waals surface area contributed by atoms with Crippen LogP contribution in [0.3, 0.4) is 0 Å². The Labute approximate surface area is 147 Å². The summed E-state index contributed by atoms with van der Waals surface area (Å²) < 4.78 is 0. The molecular formula is C14H23IN4OS. The van der Waals surface area contributed by atoms with Gasteiger partial charge in [-0.1, -0.05) is 0 Å². The highest BCUT2D eigenvalue weighted by Crippen LogP contribution is 2.18. The molecule has 1 fully saturated rings. The number of aryl methyl sites for hydroxylation is 1. The number of carbonyl (C=O) groups is 1. The van der Waals surface area contributed by atoms with Crippen molar-refractivity contribution in [2.24, 2.45) is 4.99 Å². The summed E-state index contributed by atoms with van der Waals surface area (Å²) in [5.74, 6) is 0.682. The number of thiophene rings is 1. The molecule has 1 aromatic heterocycles. The average molecular weight is 422 g/mol. The molecule has 1 aliphatic carbocycles. The Morgan fingerprint density at radius 3 is 2.71 bits per heavy atom. The molecule has 21 heavy (non-hydrogen) atoms. The maximum Gasteiger partial charge on any atom is 0.242 e. The number of aliphatic imine (C=N–C) groups is 1. The Balaban J connectivity index is 0.00000220. The van der Waals surface area contributed by atoms with Gasteiger partial charge < -0.3 is 16.0 Å². The summed E-state index contributed by atoms with van der Waals surface area (Å²) in [4.78, 5) is 18.5. The van der Waals surface area contributed by atoms with Crippen molar-refractivity contribution in [2.45, 2.75) is 39.3 Å². The smallest absolute Gasteiger partial charge is 0.242 e. The van der Waals surface area contributed by atoms with E-state index < -0.39 is 0 Å². The van der Waals surface area contributed by atoms with E-state index >= 15 is 0 Å². The predicted molar refractivity (Wildman–Crippen MR) is 98.5 cm³/mol. The molecule has 1 amide bonds. The van der Waals surface area contributed by atoms with Crippen LogP contribution < -0.4 is 16.0 Å². The highest BCUT2D eigenvalue weighted by Gasteiger charge is 2.22. The Bertz CT molecular complexity index is 485. The topological polar surface area (TPSA) is 65.5 Å². The lowest BCUT2D eigenvalue weighted by atomic mass is 10.4. The maximum absolute atomic E-state index is 11.6. The molecular weight excluding hydrogens is 399 g/mol. The molecule has 7 heteroatoms. The van der Waals surface area contributed by atoms with Crippen LogP contribution in [-0.2, 0) is 11.3 Å². The number of hydrogen-bond acceptors (Lipinski definition) is 3. The Kier molecular flexibility index (Phi) is 8.02. The van der Waals surface area contributed by atoms with Gasteiger partial charge in [-0.15, -0.1) is 35.3 Å². The van der Waals surface area contributed by atoms with E-state index in [2.05, 4.69) is 40.0 Å². The first-order valence-electron chi connectivity index (χ1n) is 7.04. The predicted octanol–water partition coefficient (Wildman–Crippen LogP) is 2.01. The van der Waals surface area contributed by atoms with E-state index in [0.717, 1.165) is 25.9 Å². The molecule has 0 aromatic carbocycles. The third-order valence-electron chi connectivity index (χ3n) is 2.89. The fourth-order valence-corrected chi connectivity index (χ4v) is 2.57. The minimum absolute atomic E-state index is 0. The largest absolute Gasteiger partial charge is 0.357 e. The van der Waals surface area contributed by atoms with Gasteiger partial charge in [0, 0.05) is 22.3 Å². The van der Waals surface area contributed by atoms with Crippen LogP contribution in [0.4, 0.5) is 0 Å². The number of carbonyl (C=O) groups excluding carboxylic acids is 1. The molecule has 0 unspecified atom stereocenters. The van der Waals surface area contributed by atoms with E-state index in [4.69, 9.17) is 0 Å². The third-order valence-corrected chi connectivity index (χ3v) is 3.89. The van der Waals surface area contributed by atoms with E-state index in [1.54, 1.807) is 11.3 Å². The van der Waals surface area contributed by atoms with Crippen LogP contribution >= 0.6 is 35.3 Å². The zero-order valence-electron chi connectivity index (χ0n) is 12.4. The summed E-state index contributed by atoms with van der Waals surface area (Å²) in [6.07, 6.45) is 2.21. The van der Waals surface area contributed by atoms with Crippen molar-refractivity contribution in [1.29, 1.82) is 0 Å². The molecule has 0 saturated heterocycles. The van der Waals surface area contributed by atoms with Crippen LogP contribution in [0, 0.1) is 6.92 Å². The molecule has 5 nitrogen and oxygen atoms in total. The summed E-state index contributed by atoms with van der Waals surface area (Å²) in [6, 6.07) is 4.60. The molecule has 0 spiro atoms. The summed E-state index contributed by atoms with van der Waals surface area (Å²) in [7, 11) is 0. The summed E-state index contributed by atoms with van der Waals surface area (Å²) in [6.45, 7) is 5.79. The van der Waals surface area contributed by atoms with Gasteiger partial charge in [0.05, 0.1) is 6.54 Å². The van der Waals surface area contributed by atoms with E-state index in [1.165, 1.54) is 9.75 Å². The van der Waals surface area contributed by atoms with Crippen LogP contribution in [-0.4, -0.2) is 31.0 Å². The van der Waals surface area contributed by atoms with Gasteiger partial charge in [-0.05, 0) is 38.8 Å². The number of halogens is 1. The lowest BCUT2D eigenvalue weighted by Crippen LogP contribution is -2.38. The fraction of sp³-hybridized carbons (Fsp3) is 0.571. The van der Waals surface area contributed by atoms with E-state index in [1.807, 2.05) is 6.92 Å². The number of nitrogens with one attached hydrogen (secondary N) is 3. The summed E-state index contributed by atoms with van der Waals surface area (Å²) in [5.41, 5.74) is 0. The summed E-state index contributed by atoms with van der Waals surface area (Å²) in [5, 5.41) is 9.32. The van der Waals surface area contributed by atoms with Gasteiger partial charge in [-0.3, -0.25) is 4.79 Å². The zero-order chi connectivity index (χ0) is 14.4. The monoisotopic (exact) mass is 422 g/mol. The first-order chi connectivity index (χ1) is 9.67. The highest BCUT2D eigenvalue weighted by molar-refractivity contribution is 14.0. The van der Waals surface area contributed by atoms with Crippen LogP contribution in [0.1, 0.15) is 29.5 Å². The number of guanidine groups is 1. The number of nitrogens with zero attached hydrogens (tertiary/aromatic N) is 1. The van der Waals surface area contributed by atoms with Crippen molar-refractivity contribution in [2.75, 3.05) is 13.1 Å². The van der Waals surface area contributed by atoms with Crippen LogP contribution in [0.15, 0.2) is 17.1 Å². The first-order valence-corrected chi connectivity index (χ1v) is 7.86. The normalized spacial score (nSPS) is 14.3. The van der Waals surface area contributed by atoms with Crippen molar-refractivity contribution >= 4 is 47.2 Å². The van der Waals surface area contributed by atoms with E-state index in [0.29, 0.717) is 12.0 Å². The third kappa shape index (κ3) is 7.12. The second-order valence-electron chi connectivity index (χ2n) is 4.90. The lowest BCUT2D eigenvalue weighted by molar-refractivity contribution is -0.119. The van der Waals surface area contributed by atoms with Gasteiger partial charge in [0.25, 0.3) is 0 Å². The molecule has 0 atom stereocenters. The zero-order valence-corrected chi connectivity index (χ0v) is 15.6. The molecule has 1 aliphatic rings. The van der Waals surface area contributed by atoms with Crippen molar-refractivity contribution in [3.05, 3.63) is 21.9 Å². The van der Waals surface area contributed by atoms with Crippen LogP contribution in [0.2, 0.25) is 0 Å². The SMILES string of the molecule is CCNC(=NCC(=O)NC1CC1)NCc1ccc(C)s1.I. The molecule has 0 bridgehead atoms. The van der Waals surface area contributed by atoms with Gasteiger partial charge in [0.2, 0.25) is 5.91 Å². The molecule has 1 aromatic rings. The van der Waals surface area contributed by atoms with Gasteiger partial charge >= 0.3 is 0 Å². The van der Waals surface area contributed by atoms with E-state index in [-0.39, 0.29) is 36.4 Å². The lowest BCUT2D eigenvalue weighted by Gasteiger charge is -2.10. The van der Waals surface area contributed by atoms with Crippen molar-refractivity contribution in [3.63, 3.8) is 0 Å². The molecule has 0 aliphatic heterocycles. The van der Waals surface area contributed by atoms with Crippen molar-refractivity contribution in [3.8, 4) is 0 Å².